The molecule has 1 aliphatic heterocycles. The van der Waals surface area contributed by atoms with Crippen LogP contribution >= 0.6 is 0 Å². The van der Waals surface area contributed by atoms with E-state index in [2.05, 4.69) is 20.2 Å². The number of nitrogens with one attached hydrogen (secondary N) is 1. The predicted molar refractivity (Wildman–Crippen MR) is 121 cm³/mol. The van der Waals surface area contributed by atoms with Crippen molar-refractivity contribution in [2.45, 2.75) is 44.7 Å². The number of fused-ring (bicyclic) bond motifs is 1. The summed E-state index contributed by atoms with van der Waals surface area (Å²) in [6, 6.07) is 10.5. The molecule has 6 nitrogen and oxygen atoms in total. The minimum absolute atomic E-state index is 0.144. The third kappa shape index (κ3) is 4.17. The van der Waals surface area contributed by atoms with Crippen LogP contribution in [-0.2, 0) is 0 Å². The van der Waals surface area contributed by atoms with Crippen molar-refractivity contribution in [2.75, 3.05) is 19.7 Å². The highest BCUT2D eigenvalue weighted by Gasteiger charge is 2.35. The lowest BCUT2D eigenvalue weighted by Crippen LogP contribution is -2.53. The second-order valence-corrected chi connectivity index (χ2v) is 8.57. The summed E-state index contributed by atoms with van der Waals surface area (Å²) < 4.78 is 19.3. The Morgan fingerprint density at radius 3 is 2.72 bits per heavy atom. The van der Waals surface area contributed by atoms with E-state index in [0.717, 1.165) is 18.4 Å². The van der Waals surface area contributed by atoms with Crippen molar-refractivity contribution in [2.24, 2.45) is 0 Å². The lowest BCUT2D eigenvalue weighted by Gasteiger charge is -2.41. The molecule has 0 spiro atoms. The number of aromatic nitrogens is 2. The third-order valence-corrected chi connectivity index (χ3v) is 6.45. The molecule has 2 aromatic heterocycles. The topological polar surface area (TPSA) is 67.3 Å². The molecule has 2 fully saturated rings. The molecule has 7 heteroatoms. The fraction of sp³-hybridized carbons (Fsp3) is 0.400. The summed E-state index contributed by atoms with van der Waals surface area (Å²) in [5.41, 5.74) is 2.27. The van der Waals surface area contributed by atoms with Gasteiger partial charge in [0.15, 0.2) is 0 Å². The summed E-state index contributed by atoms with van der Waals surface area (Å²) in [4.78, 5) is 24.6. The fourth-order valence-electron chi connectivity index (χ4n) is 4.68. The Labute approximate surface area is 186 Å². The molecular formula is C25H27FN4O2. The lowest BCUT2D eigenvalue weighted by molar-refractivity contribution is 0.0821. The van der Waals surface area contributed by atoms with Crippen molar-refractivity contribution in [3.63, 3.8) is 0 Å². The van der Waals surface area contributed by atoms with Crippen LogP contribution < -0.4 is 10.1 Å². The average Bonchev–Trinajstić information content (AvgIpc) is 3.30. The first-order chi connectivity index (χ1) is 15.6. The molecule has 1 aromatic carbocycles. The number of likely N-dealkylation sites (tertiary alicyclic amines) is 1. The molecule has 3 heterocycles. The first-order valence-electron chi connectivity index (χ1n) is 11.3. The zero-order chi connectivity index (χ0) is 22.1. The molecule has 1 N–H and O–H groups in total. The molecule has 166 valence electrons. The van der Waals surface area contributed by atoms with E-state index in [4.69, 9.17) is 4.74 Å². The highest BCUT2D eigenvalue weighted by molar-refractivity contribution is 6.07. The van der Waals surface area contributed by atoms with Crippen molar-refractivity contribution in [1.82, 2.24) is 20.2 Å². The molecule has 1 aliphatic carbocycles. The molecule has 2 aliphatic rings. The molecular weight excluding hydrogens is 407 g/mol. The number of carbonyl (C=O) groups excluding carboxylic acids is 1. The van der Waals surface area contributed by atoms with Crippen LogP contribution in [0.3, 0.4) is 0 Å². The molecule has 3 aromatic rings. The molecule has 32 heavy (non-hydrogen) atoms. The largest absolute Gasteiger partial charge is 0.478 e. The van der Waals surface area contributed by atoms with Crippen molar-refractivity contribution < 1.29 is 13.9 Å². The van der Waals surface area contributed by atoms with Crippen LogP contribution in [0.4, 0.5) is 4.39 Å². The van der Waals surface area contributed by atoms with Gasteiger partial charge in [0.2, 0.25) is 5.88 Å². The normalized spacial score (nSPS) is 20.8. The summed E-state index contributed by atoms with van der Waals surface area (Å²) in [5, 5.41) is 3.82. The van der Waals surface area contributed by atoms with E-state index in [0.29, 0.717) is 40.7 Å². The van der Waals surface area contributed by atoms with Crippen LogP contribution in [0.1, 0.15) is 43.0 Å². The van der Waals surface area contributed by atoms with Gasteiger partial charge in [-0.2, -0.15) is 0 Å². The lowest BCUT2D eigenvalue weighted by atomic mass is 9.85. The highest BCUT2D eigenvalue weighted by Crippen LogP contribution is 2.30. The van der Waals surface area contributed by atoms with Crippen LogP contribution in [0.5, 0.6) is 5.88 Å². The maximum atomic E-state index is 13.9. The molecule has 1 amide bonds. The Balaban J connectivity index is 1.40. The van der Waals surface area contributed by atoms with Gasteiger partial charge < -0.3 is 15.0 Å². The van der Waals surface area contributed by atoms with E-state index in [1.54, 1.807) is 24.4 Å². The van der Waals surface area contributed by atoms with E-state index < -0.39 is 0 Å². The Morgan fingerprint density at radius 2 is 2.00 bits per heavy atom. The molecule has 0 radical (unpaired) electrons. The zero-order valence-corrected chi connectivity index (χ0v) is 18.2. The number of carbonyl (C=O) groups is 1. The van der Waals surface area contributed by atoms with Crippen molar-refractivity contribution in [1.29, 1.82) is 0 Å². The van der Waals surface area contributed by atoms with E-state index in [1.165, 1.54) is 38.1 Å². The van der Waals surface area contributed by atoms with Crippen molar-refractivity contribution >= 4 is 16.8 Å². The smallest absolute Gasteiger partial charge is 0.252 e. The number of hydrogen-bond acceptors (Lipinski definition) is 5. The van der Waals surface area contributed by atoms with Gasteiger partial charge in [-0.05, 0) is 70.0 Å². The van der Waals surface area contributed by atoms with Gasteiger partial charge >= 0.3 is 0 Å². The molecule has 0 bridgehead atoms. The predicted octanol–water partition coefficient (Wildman–Crippen LogP) is 4.19. The monoisotopic (exact) mass is 434 g/mol. The SMILES string of the molecule is CCOc1ccc(-c2cc(C(=O)NC3CC(N4CCCC4)C3)c3ccc(F)cc3n2)cn1. The van der Waals surface area contributed by atoms with Gasteiger partial charge in [-0.1, -0.05) is 0 Å². The van der Waals surface area contributed by atoms with Crippen LogP contribution in [0, 0.1) is 5.82 Å². The summed E-state index contributed by atoms with van der Waals surface area (Å²) in [5.74, 6) is -0.00149. The average molecular weight is 435 g/mol. The molecule has 5 rings (SSSR count). The van der Waals surface area contributed by atoms with Crippen LogP contribution in [0.2, 0.25) is 0 Å². The number of hydrogen-bond donors (Lipinski definition) is 1. The number of amides is 1. The summed E-state index contributed by atoms with van der Waals surface area (Å²) in [6.07, 6.45) is 6.18. The second kappa shape index (κ2) is 8.82. The van der Waals surface area contributed by atoms with Gasteiger partial charge in [-0.15, -0.1) is 0 Å². The van der Waals surface area contributed by atoms with Crippen molar-refractivity contribution in [3.8, 4) is 17.1 Å². The van der Waals surface area contributed by atoms with E-state index in [9.17, 15) is 9.18 Å². The summed E-state index contributed by atoms with van der Waals surface area (Å²) >= 11 is 0. The quantitative estimate of drug-likeness (QED) is 0.630. The standard InChI is InChI=1S/C25H27FN4O2/c1-2-32-24-8-5-16(15-27-24)22-14-21(20-7-6-17(26)11-23(20)29-22)25(31)28-18-12-19(13-18)30-9-3-4-10-30/h5-8,11,14-15,18-19H,2-4,9-10,12-13H2,1H3,(H,28,31). The number of benzene rings is 1. The number of rotatable bonds is 6. The first kappa shape index (κ1) is 20.8. The highest BCUT2D eigenvalue weighted by atomic mass is 19.1. The van der Waals surface area contributed by atoms with Crippen molar-refractivity contribution in [3.05, 3.63) is 54.0 Å². The maximum Gasteiger partial charge on any atom is 0.252 e. The van der Waals surface area contributed by atoms with Crippen LogP contribution in [0.15, 0.2) is 42.6 Å². The summed E-state index contributed by atoms with van der Waals surface area (Å²) in [7, 11) is 0. The van der Waals surface area contributed by atoms with Crippen LogP contribution in [0.25, 0.3) is 22.2 Å². The molecule has 1 saturated carbocycles. The van der Waals surface area contributed by atoms with Gasteiger partial charge in [0, 0.05) is 41.4 Å². The second-order valence-electron chi connectivity index (χ2n) is 8.57. The number of ether oxygens (including phenoxy) is 1. The Bertz CT molecular complexity index is 1120. The number of nitrogens with zero attached hydrogens (tertiary/aromatic N) is 3. The Morgan fingerprint density at radius 1 is 1.19 bits per heavy atom. The van der Waals surface area contributed by atoms with Gasteiger partial charge in [0.05, 0.1) is 23.4 Å². The summed E-state index contributed by atoms with van der Waals surface area (Å²) in [6.45, 7) is 4.77. The first-order valence-corrected chi connectivity index (χ1v) is 11.3. The van der Waals surface area contributed by atoms with Gasteiger partial charge in [0.25, 0.3) is 5.91 Å². The number of halogens is 1. The number of pyridine rings is 2. The molecule has 0 atom stereocenters. The van der Waals surface area contributed by atoms with Crippen LogP contribution in [-0.4, -0.2) is 52.6 Å². The van der Waals surface area contributed by atoms with Gasteiger partial charge in [0.1, 0.15) is 5.82 Å². The Hall–Kier alpha value is -3.06. The fourth-order valence-corrected chi connectivity index (χ4v) is 4.68. The maximum absolute atomic E-state index is 13.9. The zero-order valence-electron chi connectivity index (χ0n) is 18.2. The van der Waals surface area contributed by atoms with Gasteiger partial charge in [-0.25, -0.2) is 14.4 Å². The van der Waals surface area contributed by atoms with E-state index in [1.807, 2.05) is 13.0 Å². The molecule has 1 saturated heterocycles. The minimum Gasteiger partial charge on any atom is -0.478 e. The Kier molecular flexibility index (Phi) is 5.74. The minimum atomic E-state index is -0.384. The third-order valence-electron chi connectivity index (χ3n) is 6.45. The van der Waals surface area contributed by atoms with E-state index >= 15 is 0 Å². The van der Waals surface area contributed by atoms with E-state index in [-0.39, 0.29) is 17.8 Å². The molecule has 0 unspecified atom stereocenters. The van der Waals surface area contributed by atoms with Gasteiger partial charge in [-0.3, -0.25) is 4.79 Å².